The molecule has 3 aromatic carbocycles. The predicted octanol–water partition coefficient (Wildman–Crippen LogP) is 5.87. The van der Waals surface area contributed by atoms with E-state index in [2.05, 4.69) is 84.7 Å². The summed E-state index contributed by atoms with van der Waals surface area (Å²) in [6.45, 7) is 5.30. The van der Waals surface area contributed by atoms with Crippen LogP contribution in [0.25, 0.3) is 33.6 Å². The van der Waals surface area contributed by atoms with Crippen molar-refractivity contribution in [3.8, 4) is 45.1 Å². The molecule has 0 saturated carbocycles. The third-order valence-electron chi connectivity index (χ3n) is 5.32. The number of benzene rings is 3. The first-order valence-corrected chi connectivity index (χ1v) is 10.1. The number of rotatable bonds is 3. The first-order valence-electron chi connectivity index (χ1n) is 10.1. The zero-order chi connectivity index (χ0) is 20.5. The normalized spacial score (nSPS) is 12.6. The highest BCUT2D eigenvalue weighted by atomic mass is 16.6. The average Bonchev–Trinajstić information content (AvgIpc) is 2.79. The Kier molecular flexibility index (Phi) is 4.68. The van der Waals surface area contributed by atoms with Crippen molar-refractivity contribution in [3.63, 3.8) is 0 Å². The molecule has 148 valence electrons. The van der Waals surface area contributed by atoms with Gasteiger partial charge in [0, 0.05) is 16.7 Å². The Bertz CT molecular complexity index is 1200. The van der Waals surface area contributed by atoms with E-state index in [1.54, 1.807) is 0 Å². The molecule has 0 atom stereocenters. The lowest BCUT2D eigenvalue weighted by molar-refractivity contribution is 0.171. The van der Waals surface area contributed by atoms with Crippen molar-refractivity contribution in [2.24, 2.45) is 0 Å². The molecule has 30 heavy (non-hydrogen) atoms. The van der Waals surface area contributed by atoms with Gasteiger partial charge >= 0.3 is 0 Å². The predicted molar refractivity (Wildman–Crippen MR) is 119 cm³/mol. The van der Waals surface area contributed by atoms with Crippen molar-refractivity contribution in [2.45, 2.75) is 13.8 Å². The Balaban J connectivity index is 1.67. The minimum Gasteiger partial charge on any atom is -0.486 e. The number of hydrogen-bond acceptors (Lipinski definition) is 4. The van der Waals surface area contributed by atoms with Gasteiger partial charge in [-0.3, -0.25) is 0 Å². The minimum absolute atomic E-state index is 0.560. The molecule has 1 aromatic heterocycles. The lowest BCUT2D eigenvalue weighted by Crippen LogP contribution is -2.15. The van der Waals surface area contributed by atoms with E-state index in [4.69, 9.17) is 9.47 Å². The Morgan fingerprint density at radius 3 is 1.90 bits per heavy atom. The third kappa shape index (κ3) is 3.52. The maximum absolute atomic E-state index is 5.81. The fraction of sp³-hybridized carbons (Fsp3) is 0.154. The van der Waals surface area contributed by atoms with Crippen LogP contribution in [0.15, 0.2) is 72.8 Å². The Labute approximate surface area is 176 Å². The molecule has 0 bridgehead atoms. The molecule has 1 aliphatic rings. The van der Waals surface area contributed by atoms with E-state index in [0.717, 1.165) is 45.1 Å². The van der Waals surface area contributed by atoms with Crippen LogP contribution in [-0.4, -0.2) is 23.4 Å². The highest BCUT2D eigenvalue weighted by Gasteiger charge is 2.17. The molecule has 0 aliphatic carbocycles. The molecule has 0 N–H and O–H groups in total. The summed E-state index contributed by atoms with van der Waals surface area (Å²) in [6.07, 6.45) is 0. The van der Waals surface area contributed by atoms with Gasteiger partial charge in [0.1, 0.15) is 18.9 Å². The van der Waals surface area contributed by atoms with Gasteiger partial charge in [-0.05, 0) is 37.6 Å². The zero-order valence-corrected chi connectivity index (χ0v) is 17.1. The van der Waals surface area contributed by atoms with Crippen molar-refractivity contribution in [2.75, 3.05) is 13.2 Å². The topological polar surface area (TPSA) is 44.2 Å². The zero-order valence-electron chi connectivity index (χ0n) is 17.1. The number of aromatic nitrogens is 2. The van der Waals surface area contributed by atoms with Gasteiger partial charge in [-0.15, -0.1) is 10.2 Å². The summed E-state index contributed by atoms with van der Waals surface area (Å²) < 4.78 is 11.5. The summed E-state index contributed by atoms with van der Waals surface area (Å²) in [6, 6.07) is 24.9. The monoisotopic (exact) mass is 394 g/mol. The molecule has 2 heterocycles. The van der Waals surface area contributed by atoms with Crippen molar-refractivity contribution < 1.29 is 9.47 Å². The maximum atomic E-state index is 5.81. The van der Waals surface area contributed by atoms with Crippen LogP contribution in [0.2, 0.25) is 0 Å². The molecule has 0 spiro atoms. The van der Waals surface area contributed by atoms with Crippen LogP contribution in [0.3, 0.4) is 0 Å². The molecule has 0 fully saturated rings. The van der Waals surface area contributed by atoms with E-state index in [0.29, 0.717) is 13.2 Å². The van der Waals surface area contributed by atoms with Crippen molar-refractivity contribution >= 4 is 0 Å². The van der Waals surface area contributed by atoms with Gasteiger partial charge in [0.2, 0.25) is 0 Å². The fourth-order valence-electron chi connectivity index (χ4n) is 3.61. The van der Waals surface area contributed by atoms with Gasteiger partial charge in [-0.25, -0.2) is 0 Å². The van der Waals surface area contributed by atoms with Crippen LogP contribution in [0.1, 0.15) is 11.1 Å². The second-order valence-electron chi connectivity index (χ2n) is 7.58. The molecule has 0 radical (unpaired) electrons. The Morgan fingerprint density at radius 2 is 1.20 bits per heavy atom. The number of aryl methyl sites for hydroxylation is 2. The first-order chi connectivity index (χ1) is 14.7. The van der Waals surface area contributed by atoms with E-state index < -0.39 is 0 Å². The third-order valence-corrected chi connectivity index (χ3v) is 5.32. The molecule has 0 saturated heterocycles. The summed E-state index contributed by atoms with van der Waals surface area (Å²) in [7, 11) is 0. The van der Waals surface area contributed by atoms with Gasteiger partial charge in [0.15, 0.2) is 11.5 Å². The Hall–Kier alpha value is -3.66. The van der Waals surface area contributed by atoms with Crippen LogP contribution in [0.4, 0.5) is 0 Å². The molecule has 4 heteroatoms. The second-order valence-corrected chi connectivity index (χ2v) is 7.58. The van der Waals surface area contributed by atoms with E-state index in [9.17, 15) is 0 Å². The summed E-state index contributed by atoms with van der Waals surface area (Å²) in [5.41, 5.74) is 8.24. The number of ether oxygens (including phenoxy) is 2. The fourth-order valence-corrected chi connectivity index (χ4v) is 3.61. The second kappa shape index (κ2) is 7.64. The van der Waals surface area contributed by atoms with E-state index in [-0.39, 0.29) is 0 Å². The standard InChI is InChI=1S/C26H22N2O2/c1-17-3-7-19(8-4-17)23-16-22(21-11-12-24-25(15-21)30-14-13-29-24)26(28-27-23)20-9-5-18(2)6-10-20/h3-12,15-16H,13-14H2,1-2H3. The smallest absolute Gasteiger partial charge is 0.161 e. The van der Waals surface area contributed by atoms with Crippen LogP contribution < -0.4 is 9.47 Å². The van der Waals surface area contributed by atoms with E-state index >= 15 is 0 Å². The lowest BCUT2D eigenvalue weighted by Gasteiger charge is -2.19. The summed E-state index contributed by atoms with van der Waals surface area (Å²) in [4.78, 5) is 0. The number of fused-ring (bicyclic) bond motifs is 1. The lowest BCUT2D eigenvalue weighted by atomic mass is 9.97. The molecule has 4 aromatic rings. The average molecular weight is 394 g/mol. The molecule has 5 rings (SSSR count). The van der Waals surface area contributed by atoms with Gasteiger partial charge in [-0.1, -0.05) is 65.7 Å². The molecular weight excluding hydrogens is 372 g/mol. The molecular formula is C26H22N2O2. The quantitative estimate of drug-likeness (QED) is 0.436. The van der Waals surface area contributed by atoms with Crippen LogP contribution >= 0.6 is 0 Å². The summed E-state index contributed by atoms with van der Waals surface area (Å²) in [5, 5.41) is 9.19. The van der Waals surface area contributed by atoms with Gasteiger partial charge < -0.3 is 9.47 Å². The summed E-state index contributed by atoms with van der Waals surface area (Å²) in [5.74, 6) is 1.55. The van der Waals surface area contributed by atoms with E-state index in [1.165, 1.54) is 11.1 Å². The summed E-state index contributed by atoms with van der Waals surface area (Å²) >= 11 is 0. The minimum atomic E-state index is 0.560. The van der Waals surface area contributed by atoms with Gasteiger partial charge in [0.25, 0.3) is 0 Å². The van der Waals surface area contributed by atoms with E-state index in [1.807, 2.05) is 12.1 Å². The molecule has 0 unspecified atom stereocenters. The van der Waals surface area contributed by atoms with Crippen molar-refractivity contribution in [1.82, 2.24) is 10.2 Å². The SMILES string of the molecule is Cc1ccc(-c2cc(-c3ccc4c(c3)OCCO4)c(-c3ccc(C)cc3)nn2)cc1. The highest BCUT2D eigenvalue weighted by molar-refractivity contribution is 5.84. The molecule has 0 amide bonds. The van der Waals surface area contributed by atoms with Crippen molar-refractivity contribution in [1.29, 1.82) is 0 Å². The van der Waals surface area contributed by atoms with Crippen LogP contribution in [0.5, 0.6) is 11.5 Å². The van der Waals surface area contributed by atoms with Crippen LogP contribution in [0, 0.1) is 13.8 Å². The Morgan fingerprint density at radius 1 is 0.600 bits per heavy atom. The maximum Gasteiger partial charge on any atom is 0.161 e. The van der Waals surface area contributed by atoms with Gasteiger partial charge in [0.05, 0.1) is 5.69 Å². The first kappa shape index (κ1) is 18.4. The van der Waals surface area contributed by atoms with Gasteiger partial charge in [-0.2, -0.15) is 0 Å². The number of hydrogen-bond donors (Lipinski definition) is 0. The number of nitrogens with zero attached hydrogens (tertiary/aromatic N) is 2. The van der Waals surface area contributed by atoms with Crippen LogP contribution in [-0.2, 0) is 0 Å². The molecule has 4 nitrogen and oxygen atoms in total. The highest BCUT2D eigenvalue weighted by Crippen LogP contribution is 2.38. The molecule has 1 aliphatic heterocycles. The van der Waals surface area contributed by atoms with Crippen molar-refractivity contribution in [3.05, 3.63) is 83.9 Å². The largest absolute Gasteiger partial charge is 0.486 e.